The first-order valence-corrected chi connectivity index (χ1v) is 4.50. The summed E-state index contributed by atoms with van der Waals surface area (Å²) in [5.41, 5.74) is 3.61. The summed E-state index contributed by atoms with van der Waals surface area (Å²) in [6.07, 6.45) is 0. The number of rotatable bonds is 3. The molecular weight excluding hydrogens is 210 g/mol. The van der Waals surface area contributed by atoms with Crippen LogP contribution in [0.15, 0.2) is 30.3 Å². The Labute approximate surface area is 91.0 Å². The molecule has 7 heteroatoms. The lowest BCUT2D eigenvalue weighted by Gasteiger charge is -2.05. The second-order valence-corrected chi connectivity index (χ2v) is 2.88. The Balaban J connectivity index is 2.22. The lowest BCUT2D eigenvalue weighted by molar-refractivity contribution is 0.0582. The van der Waals surface area contributed by atoms with Gasteiger partial charge in [-0.2, -0.15) is 0 Å². The molecule has 0 aliphatic rings. The highest BCUT2D eigenvalue weighted by Crippen LogP contribution is 2.05. The molecule has 0 unspecified atom stereocenters. The van der Waals surface area contributed by atoms with E-state index in [4.69, 9.17) is 0 Å². The van der Waals surface area contributed by atoms with Gasteiger partial charge in [-0.3, -0.25) is 5.43 Å². The smallest absolute Gasteiger partial charge is 0.379 e. The number of benzene rings is 1. The van der Waals surface area contributed by atoms with Crippen molar-refractivity contribution < 1.29 is 9.53 Å². The fourth-order valence-electron chi connectivity index (χ4n) is 1.12. The lowest BCUT2D eigenvalue weighted by Crippen LogP contribution is -2.19. The second-order valence-electron chi connectivity index (χ2n) is 2.88. The van der Waals surface area contributed by atoms with Crippen molar-refractivity contribution in [1.82, 2.24) is 20.3 Å². The maximum atomic E-state index is 11.3. The van der Waals surface area contributed by atoms with Crippen LogP contribution in [0, 0.1) is 0 Å². The van der Waals surface area contributed by atoms with Crippen LogP contribution in [0.3, 0.4) is 0 Å². The number of esters is 1. The zero-order valence-electron chi connectivity index (χ0n) is 8.49. The third-order valence-corrected chi connectivity index (χ3v) is 1.85. The van der Waals surface area contributed by atoms with Crippen LogP contribution in [0.4, 0.5) is 5.69 Å². The Hall–Kier alpha value is -2.44. The molecule has 1 aromatic heterocycles. The summed E-state index contributed by atoms with van der Waals surface area (Å²) in [6, 6.07) is 9.23. The molecule has 1 N–H and O–H groups in total. The molecule has 1 heterocycles. The Bertz CT molecular complexity index is 482. The monoisotopic (exact) mass is 219 g/mol. The fourth-order valence-corrected chi connectivity index (χ4v) is 1.12. The van der Waals surface area contributed by atoms with Gasteiger partial charge in [0, 0.05) is 0 Å². The van der Waals surface area contributed by atoms with Gasteiger partial charge < -0.3 is 4.74 Å². The van der Waals surface area contributed by atoms with Crippen LogP contribution in [-0.2, 0) is 4.74 Å². The lowest BCUT2D eigenvalue weighted by atomic mass is 10.3. The third-order valence-electron chi connectivity index (χ3n) is 1.85. The number of para-hydroxylation sites is 1. The van der Waals surface area contributed by atoms with Gasteiger partial charge in [-0.25, -0.2) is 4.79 Å². The summed E-state index contributed by atoms with van der Waals surface area (Å²) in [7, 11) is 1.27. The first-order chi connectivity index (χ1) is 7.81. The van der Waals surface area contributed by atoms with Crippen molar-refractivity contribution in [1.29, 1.82) is 0 Å². The number of carbonyl (C=O) groups excluding carboxylic acids is 1. The third kappa shape index (κ3) is 1.97. The minimum atomic E-state index is -0.603. The number of hydrogen-bond donors (Lipinski definition) is 1. The standard InChI is InChI=1S/C9H9N5O2/c1-16-9(15)8-10-12-13-14(8)11-7-5-3-2-4-6-7/h2-6,11H,1H3. The van der Waals surface area contributed by atoms with Crippen molar-refractivity contribution >= 4 is 11.7 Å². The van der Waals surface area contributed by atoms with Crippen LogP contribution in [0.1, 0.15) is 10.6 Å². The van der Waals surface area contributed by atoms with Gasteiger partial charge in [-0.05, 0) is 22.6 Å². The SMILES string of the molecule is COC(=O)c1nnnn1Nc1ccccc1. The molecule has 0 bridgehead atoms. The van der Waals surface area contributed by atoms with Gasteiger partial charge in [0.2, 0.25) is 0 Å². The predicted molar refractivity (Wildman–Crippen MR) is 54.6 cm³/mol. The van der Waals surface area contributed by atoms with Crippen molar-refractivity contribution in [2.45, 2.75) is 0 Å². The summed E-state index contributed by atoms with van der Waals surface area (Å²) >= 11 is 0. The molecule has 16 heavy (non-hydrogen) atoms. The number of aromatic nitrogens is 4. The average molecular weight is 219 g/mol. The van der Waals surface area contributed by atoms with Crippen molar-refractivity contribution in [3.8, 4) is 0 Å². The molecule has 0 aliphatic carbocycles. The minimum absolute atomic E-state index is 0.00801. The van der Waals surface area contributed by atoms with Crippen molar-refractivity contribution in [3.05, 3.63) is 36.2 Å². The van der Waals surface area contributed by atoms with Crippen LogP contribution in [0.5, 0.6) is 0 Å². The van der Waals surface area contributed by atoms with E-state index in [9.17, 15) is 4.79 Å². The molecule has 0 aliphatic heterocycles. The summed E-state index contributed by atoms with van der Waals surface area (Å²) < 4.78 is 4.53. The molecule has 0 radical (unpaired) electrons. The molecule has 7 nitrogen and oxygen atoms in total. The molecule has 0 fully saturated rings. The predicted octanol–water partition coefficient (Wildman–Crippen LogP) is 0.335. The van der Waals surface area contributed by atoms with Crippen LogP contribution in [-0.4, -0.2) is 33.4 Å². The molecular formula is C9H9N5O2. The van der Waals surface area contributed by atoms with E-state index in [0.717, 1.165) is 10.5 Å². The van der Waals surface area contributed by atoms with Gasteiger partial charge in [0.15, 0.2) is 0 Å². The average Bonchev–Trinajstić information content (AvgIpc) is 2.77. The summed E-state index contributed by atoms with van der Waals surface area (Å²) in [6.45, 7) is 0. The Morgan fingerprint density at radius 3 is 2.81 bits per heavy atom. The normalized spacial score (nSPS) is 9.81. The highest BCUT2D eigenvalue weighted by molar-refractivity contribution is 5.85. The van der Waals surface area contributed by atoms with E-state index >= 15 is 0 Å². The van der Waals surface area contributed by atoms with Crippen LogP contribution < -0.4 is 5.43 Å². The molecule has 0 saturated heterocycles. The van der Waals surface area contributed by atoms with Crippen LogP contribution >= 0.6 is 0 Å². The molecule has 1 aromatic carbocycles. The first-order valence-electron chi connectivity index (χ1n) is 4.50. The molecule has 0 saturated carbocycles. The van der Waals surface area contributed by atoms with Crippen molar-refractivity contribution in [3.63, 3.8) is 0 Å². The van der Waals surface area contributed by atoms with Crippen molar-refractivity contribution in [2.75, 3.05) is 12.5 Å². The summed E-state index contributed by atoms with van der Waals surface area (Å²) in [4.78, 5) is 12.4. The number of methoxy groups -OCH3 is 1. The summed E-state index contributed by atoms with van der Waals surface area (Å²) in [5.74, 6) is -0.611. The van der Waals surface area contributed by atoms with E-state index in [0.29, 0.717) is 0 Å². The van der Waals surface area contributed by atoms with Crippen LogP contribution in [0.2, 0.25) is 0 Å². The number of carbonyl (C=O) groups is 1. The fraction of sp³-hybridized carbons (Fsp3) is 0.111. The summed E-state index contributed by atoms with van der Waals surface area (Å²) in [5, 5.41) is 10.6. The highest BCUT2D eigenvalue weighted by Gasteiger charge is 2.15. The zero-order valence-corrected chi connectivity index (χ0v) is 8.49. The van der Waals surface area contributed by atoms with E-state index < -0.39 is 5.97 Å². The van der Waals surface area contributed by atoms with Gasteiger partial charge in [-0.1, -0.05) is 23.3 Å². The van der Waals surface area contributed by atoms with Gasteiger partial charge in [0.1, 0.15) is 0 Å². The Morgan fingerprint density at radius 2 is 2.12 bits per heavy atom. The molecule has 0 spiro atoms. The number of nitrogens with zero attached hydrogens (tertiary/aromatic N) is 4. The number of anilines is 1. The molecule has 82 valence electrons. The van der Waals surface area contributed by atoms with E-state index in [1.165, 1.54) is 7.11 Å². The molecule has 2 aromatic rings. The number of tetrazole rings is 1. The zero-order chi connectivity index (χ0) is 11.4. The van der Waals surface area contributed by atoms with Gasteiger partial charge >= 0.3 is 5.97 Å². The molecule has 0 amide bonds. The van der Waals surface area contributed by atoms with Gasteiger partial charge in [0.25, 0.3) is 5.82 Å². The minimum Gasteiger partial charge on any atom is -0.463 e. The number of nitrogens with one attached hydrogen (secondary N) is 1. The number of ether oxygens (including phenoxy) is 1. The number of hydrogen-bond acceptors (Lipinski definition) is 6. The Kier molecular flexibility index (Phi) is 2.77. The van der Waals surface area contributed by atoms with E-state index in [1.54, 1.807) is 0 Å². The first kappa shape index (κ1) is 10.1. The Morgan fingerprint density at radius 1 is 1.38 bits per heavy atom. The molecule has 2 rings (SSSR count). The van der Waals surface area contributed by atoms with E-state index in [1.807, 2.05) is 30.3 Å². The largest absolute Gasteiger partial charge is 0.463 e. The quantitative estimate of drug-likeness (QED) is 0.749. The highest BCUT2D eigenvalue weighted by atomic mass is 16.5. The van der Waals surface area contributed by atoms with E-state index in [2.05, 4.69) is 25.7 Å². The maximum absolute atomic E-state index is 11.3. The maximum Gasteiger partial charge on any atom is 0.379 e. The van der Waals surface area contributed by atoms with Gasteiger partial charge in [-0.15, -0.1) is 4.79 Å². The van der Waals surface area contributed by atoms with E-state index in [-0.39, 0.29) is 5.82 Å². The second kappa shape index (κ2) is 4.39. The van der Waals surface area contributed by atoms with Gasteiger partial charge in [0.05, 0.1) is 12.8 Å². The topological polar surface area (TPSA) is 81.9 Å². The van der Waals surface area contributed by atoms with Crippen LogP contribution in [0.25, 0.3) is 0 Å². The van der Waals surface area contributed by atoms with Crippen molar-refractivity contribution in [2.24, 2.45) is 0 Å². The molecule has 0 atom stereocenters.